The molecule has 1 aromatic carbocycles. The van der Waals surface area contributed by atoms with Crippen molar-refractivity contribution in [1.82, 2.24) is 5.32 Å². The van der Waals surface area contributed by atoms with Gasteiger partial charge in [-0.3, -0.25) is 0 Å². The lowest BCUT2D eigenvalue weighted by Gasteiger charge is -2.30. The maximum absolute atomic E-state index is 11.5. The number of hydrogen-bond donors (Lipinski definition) is 2. The van der Waals surface area contributed by atoms with Gasteiger partial charge in [0.1, 0.15) is 0 Å². The second-order valence-electron chi connectivity index (χ2n) is 5.54. The molecule has 21 heavy (non-hydrogen) atoms. The second kappa shape index (κ2) is 7.41. The van der Waals surface area contributed by atoms with Gasteiger partial charge in [0, 0.05) is 11.7 Å². The van der Waals surface area contributed by atoms with Crippen LogP contribution < -0.4 is 10.6 Å². The molecule has 4 nitrogen and oxygen atoms in total. The van der Waals surface area contributed by atoms with Crippen molar-refractivity contribution in [2.75, 3.05) is 12.4 Å². The standard InChI is InChI=1S/C16H22N2O2S/c1-11-6-3-4-9-14(11)18-16(21)17-13-8-5-7-12(10-13)15(19)20-2/h5,7-8,10-11,14H,3-4,6,9H2,1-2H3,(H2,17,18,21). The number of hydrogen-bond acceptors (Lipinski definition) is 3. The predicted octanol–water partition coefficient (Wildman–Crippen LogP) is 3.34. The van der Waals surface area contributed by atoms with Gasteiger partial charge in [0.15, 0.2) is 5.11 Å². The number of carbonyl (C=O) groups excluding carboxylic acids is 1. The first-order valence-electron chi connectivity index (χ1n) is 7.36. The lowest BCUT2D eigenvalue weighted by Crippen LogP contribution is -2.43. The number of nitrogens with one attached hydrogen (secondary N) is 2. The number of methoxy groups -OCH3 is 1. The molecule has 0 aromatic heterocycles. The van der Waals surface area contributed by atoms with Crippen molar-refractivity contribution in [2.24, 2.45) is 5.92 Å². The van der Waals surface area contributed by atoms with Crippen LogP contribution in [0.1, 0.15) is 43.0 Å². The van der Waals surface area contributed by atoms with E-state index in [1.165, 1.54) is 26.4 Å². The third-order valence-corrected chi connectivity index (χ3v) is 4.19. The summed E-state index contributed by atoms with van der Waals surface area (Å²) >= 11 is 5.37. The van der Waals surface area contributed by atoms with Gasteiger partial charge >= 0.3 is 5.97 Å². The summed E-state index contributed by atoms with van der Waals surface area (Å²) < 4.78 is 4.72. The van der Waals surface area contributed by atoms with Crippen molar-refractivity contribution in [3.05, 3.63) is 29.8 Å². The van der Waals surface area contributed by atoms with E-state index in [1.807, 2.05) is 6.07 Å². The zero-order valence-electron chi connectivity index (χ0n) is 12.5. The first-order valence-corrected chi connectivity index (χ1v) is 7.77. The Hall–Kier alpha value is -1.62. The Morgan fingerprint density at radius 3 is 2.81 bits per heavy atom. The van der Waals surface area contributed by atoms with E-state index in [-0.39, 0.29) is 5.97 Å². The number of rotatable bonds is 3. The van der Waals surface area contributed by atoms with Crippen molar-refractivity contribution in [3.8, 4) is 0 Å². The van der Waals surface area contributed by atoms with Crippen LogP contribution >= 0.6 is 12.2 Å². The molecular formula is C16H22N2O2S. The highest BCUT2D eigenvalue weighted by Crippen LogP contribution is 2.23. The van der Waals surface area contributed by atoms with Gasteiger partial charge in [0.05, 0.1) is 12.7 Å². The number of carbonyl (C=O) groups is 1. The minimum Gasteiger partial charge on any atom is -0.465 e. The molecule has 114 valence electrons. The lowest BCUT2D eigenvalue weighted by atomic mass is 9.86. The van der Waals surface area contributed by atoms with Gasteiger partial charge < -0.3 is 15.4 Å². The Labute approximate surface area is 131 Å². The van der Waals surface area contributed by atoms with Gasteiger partial charge in [-0.15, -0.1) is 0 Å². The van der Waals surface area contributed by atoms with E-state index >= 15 is 0 Å². The number of esters is 1. The lowest BCUT2D eigenvalue weighted by molar-refractivity contribution is 0.0601. The molecule has 5 heteroatoms. The average molecular weight is 306 g/mol. The largest absolute Gasteiger partial charge is 0.465 e. The SMILES string of the molecule is COC(=O)c1cccc(NC(=S)NC2CCCCC2C)c1. The number of benzene rings is 1. The topological polar surface area (TPSA) is 50.4 Å². The van der Waals surface area contributed by atoms with Crippen LogP contribution in [-0.4, -0.2) is 24.2 Å². The number of ether oxygens (including phenoxy) is 1. The normalized spacial score (nSPS) is 21.4. The summed E-state index contributed by atoms with van der Waals surface area (Å²) in [7, 11) is 1.37. The van der Waals surface area contributed by atoms with Crippen LogP contribution in [0.2, 0.25) is 0 Å². The summed E-state index contributed by atoms with van der Waals surface area (Å²) in [5.74, 6) is 0.290. The van der Waals surface area contributed by atoms with Crippen LogP contribution in [-0.2, 0) is 4.74 Å². The molecule has 0 saturated heterocycles. The number of anilines is 1. The molecule has 1 aromatic rings. The molecular weight excluding hydrogens is 284 g/mol. The fraction of sp³-hybridized carbons (Fsp3) is 0.500. The zero-order valence-corrected chi connectivity index (χ0v) is 13.3. The number of thiocarbonyl (C=S) groups is 1. The molecule has 2 N–H and O–H groups in total. The first kappa shape index (κ1) is 15.8. The van der Waals surface area contributed by atoms with Crippen molar-refractivity contribution in [2.45, 2.75) is 38.6 Å². The van der Waals surface area contributed by atoms with Gasteiger partial charge in [-0.1, -0.05) is 25.8 Å². The molecule has 0 bridgehead atoms. The van der Waals surface area contributed by atoms with Gasteiger partial charge in [0.2, 0.25) is 0 Å². The summed E-state index contributed by atoms with van der Waals surface area (Å²) in [6.45, 7) is 2.26. The molecule has 0 aliphatic heterocycles. The predicted molar refractivity (Wildman–Crippen MR) is 88.6 cm³/mol. The van der Waals surface area contributed by atoms with Gasteiger partial charge in [-0.2, -0.15) is 0 Å². The van der Waals surface area contributed by atoms with Crippen molar-refractivity contribution in [1.29, 1.82) is 0 Å². The Morgan fingerprint density at radius 1 is 1.33 bits per heavy atom. The average Bonchev–Trinajstić information content (AvgIpc) is 2.49. The molecule has 0 heterocycles. The van der Waals surface area contributed by atoms with Crippen molar-refractivity contribution >= 4 is 29.0 Å². The molecule has 0 amide bonds. The van der Waals surface area contributed by atoms with Crippen LogP contribution in [0.15, 0.2) is 24.3 Å². The summed E-state index contributed by atoms with van der Waals surface area (Å²) in [6, 6.07) is 7.58. The van der Waals surface area contributed by atoms with Crippen LogP contribution in [0.4, 0.5) is 5.69 Å². The Morgan fingerprint density at radius 2 is 2.10 bits per heavy atom. The third-order valence-electron chi connectivity index (χ3n) is 3.97. The van der Waals surface area contributed by atoms with Crippen LogP contribution in [0.25, 0.3) is 0 Å². The van der Waals surface area contributed by atoms with Crippen LogP contribution in [0.5, 0.6) is 0 Å². The van der Waals surface area contributed by atoms with E-state index in [0.29, 0.717) is 22.6 Å². The quantitative estimate of drug-likeness (QED) is 0.662. The highest BCUT2D eigenvalue weighted by atomic mass is 32.1. The van der Waals surface area contributed by atoms with E-state index in [4.69, 9.17) is 17.0 Å². The van der Waals surface area contributed by atoms with E-state index < -0.39 is 0 Å². The highest BCUT2D eigenvalue weighted by Gasteiger charge is 2.21. The molecule has 1 fully saturated rings. The van der Waals surface area contributed by atoms with Crippen LogP contribution in [0.3, 0.4) is 0 Å². The minimum atomic E-state index is -0.349. The monoisotopic (exact) mass is 306 g/mol. The third kappa shape index (κ3) is 4.43. The van der Waals surface area contributed by atoms with Crippen molar-refractivity contribution in [3.63, 3.8) is 0 Å². The Balaban J connectivity index is 1.94. The van der Waals surface area contributed by atoms with E-state index in [0.717, 1.165) is 12.1 Å². The summed E-state index contributed by atoms with van der Waals surface area (Å²) in [6.07, 6.45) is 4.96. The smallest absolute Gasteiger partial charge is 0.337 e. The van der Waals surface area contributed by atoms with Crippen molar-refractivity contribution < 1.29 is 9.53 Å². The summed E-state index contributed by atoms with van der Waals surface area (Å²) in [5.41, 5.74) is 1.30. The minimum absolute atomic E-state index is 0.349. The summed E-state index contributed by atoms with van der Waals surface area (Å²) in [5, 5.41) is 7.13. The molecule has 0 spiro atoms. The molecule has 0 radical (unpaired) electrons. The van der Waals surface area contributed by atoms with Crippen LogP contribution in [0, 0.1) is 5.92 Å². The molecule has 2 unspecified atom stereocenters. The molecule has 2 rings (SSSR count). The fourth-order valence-electron chi connectivity index (χ4n) is 2.71. The first-order chi connectivity index (χ1) is 10.1. The van der Waals surface area contributed by atoms with E-state index in [1.54, 1.807) is 18.2 Å². The highest BCUT2D eigenvalue weighted by molar-refractivity contribution is 7.80. The van der Waals surface area contributed by atoms with Gasteiger partial charge in [-0.05, 0) is 49.2 Å². The molecule has 2 atom stereocenters. The summed E-state index contributed by atoms with van der Waals surface area (Å²) in [4.78, 5) is 11.5. The zero-order chi connectivity index (χ0) is 15.2. The molecule has 1 saturated carbocycles. The van der Waals surface area contributed by atoms with Gasteiger partial charge in [0.25, 0.3) is 0 Å². The van der Waals surface area contributed by atoms with Gasteiger partial charge in [-0.25, -0.2) is 4.79 Å². The van der Waals surface area contributed by atoms with E-state index in [9.17, 15) is 4.79 Å². The van der Waals surface area contributed by atoms with E-state index in [2.05, 4.69) is 17.6 Å². The molecule has 1 aliphatic carbocycles. The second-order valence-corrected chi connectivity index (χ2v) is 5.95. The maximum atomic E-state index is 11.5. The molecule has 1 aliphatic rings. The fourth-order valence-corrected chi connectivity index (χ4v) is 2.98. The maximum Gasteiger partial charge on any atom is 0.337 e. The Kier molecular flexibility index (Phi) is 5.56. The Bertz CT molecular complexity index is 519.